The highest BCUT2D eigenvalue weighted by Gasteiger charge is 2.13. The van der Waals surface area contributed by atoms with E-state index in [2.05, 4.69) is 25.0 Å². The first-order valence-electron chi connectivity index (χ1n) is 6.47. The Kier molecular flexibility index (Phi) is 4.78. The van der Waals surface area contributed by atoms with E-state index in [-0.39, 0.29) is 11.8 Å². The van der Waals surface area contributed by atoms with E-state index in [0.717, 1.165) is 23.8 Å². The van der Waals surface area contributed by atoms with Crippen LogP contribution in [0.25, 0.3) is 0 Å². The summed E-state index contributed by atoms with van der Waals surface area (Å²) in [5.74, 6) is 1.45. The summed E-state index contributed by atoms with van der Waals surface area (Å²) in [4.78, 5) is 16.6. The number of amides is 1. The van der Waals surface area contributed by atoms with Gasteiger partial charge in [-0.15, -0.1) is 5.10 Å². The second-order valence-electron chi connectivity index (χ2n) is 4.75. The number of hydrogen-bond acceptors (Lipinski definition) is 7. The van der Waals surface area contributed by atoms with E-state index in [9.17, 15) is 4.79 Å². The van der Waals surface area contributed by atoms with Crippen LogP contribution in [0.2, 0.25) is 0 Å². The number of aryl methyl sites for hydroxylation is 2. The van der Waals surface area contributed by atoms with E-state index in [1.54, 1.807) is 6.92 Å². The van der Waals surface area contributed by atoms with Gasteiger partial charge in [0.25, 0.3) is 5.91 Å². The van der Waals surface area contributed by atoms with E-state index < -0.39 is 0 Å². The highest BCUT2D eigenvalue weighted by molar-refractivity contribution is 7.07. The summed E-state index contributed by atoms with van der Waals surface area (Å²) in [5.41, 5.74) is 0.658. The largest absolute Gasteiger partial charge is 0.351 e. The van der Waals surface area contributed by atoms with Gasteiger partial charge in [-0.25, -0.2) is 0 Å². The zero-order valence-corrected chi connectivity index (χ0v) is 12.5. The van der Waals surface area contributed by atoms with E-state index in [4.69, 9.17) is 4.52 Å². The molecule has 20 heavy (non-hydrogen) atoms. The minimum Gasteiger partial charge on any atom is -0.351 e. The average Bonchev–Trinajstić information content (AvgIpc) is 3.03. The maximum atomic E-state index is 11.8. The number of rotatable bonds is 6. The summed E-state index contributed by atoms with van der Waals surface area (Å²) in [6, 6.07) is 0. The van der Waals surface area contributed by atoms with Gasteiger partial charge < -0.3 is 9.84 Å². The first-order valence-corrected chi connectivity index (χ1v) is 7.25. The SMILES string of the molecule is Cc1nnsc1C(=O)NCCCc1nc(C(C)C)no1. The molecule has 0 bridgehead atoms. The lowest BCUT2D eigenvalue weighted by Crippen LogP contribution is -2.24. The second-order valence-corrected chi connectivity index (χ2v) is 5.50. The Morgan fingerprint density at radius 3 is 2.85 bits per heavy atom. The summed E-state index contributed by atoms with van der Waals surface area (Å²) >= 11 is 1.10. The predicted molar refractivity (Wildman–Crippen MR) is 73.7 cm³/mol. The Balaban J connectivity index is 1.73. The number of aromatic nitrogens is 4. The third-order valence-electron chi connectivity index (χ3n) is 2.71. The second kappa shape index (κ2) is 6.56. The molecule has 0 aliphatic carbocycles. The van der Waals surface area contributed by atoms with Gasteiger partial charge in [0.05, 0.1) is 5.69 Å². The monoisotopic (exact) mass is 295 g/mol. The van der Waals surface area contributed by atoms with Crippen molar-refractivity contribution in [3.63, 3.8) is 0 Å². The summed E-state index contributed by atoms with van der Waals surface area (Å²) in [6.07, 6.45) is 1.40. The van der Waals surface area contributed by atoms with Gasteiger partial charge in [0.1, 0.15) is 4.88 Å². The Hall–Kier alpha value is -1.83. The van der Waals surface area contributed by atoms with Crippen LogP contribution in [0.5, 0.6) is 0 Å². The Morgan fingerprint density at radius 1 is 1.45 bits per heavy atom. The summed E-state index contributed by atoms with van der Waals surface area (Å²) in [5, 5.41) is 10.5. The average molecular weight is 295 g/mol. The molecule has 1 amide bonds. The molecule has 2 rings (SSSR count). The fraction of sp³-hybridized carbons (Fsp3) is 0.583. The molecule has 0 saturated carbocycles. The molecule has 0 spiro atoms. The van der Waals surface area contributed by atoms with Crippen molar-refractivity contribution in [3.8, 4) is 0 Å². The van der Waals surface area contributed by atoms with Crippen LogP contribution in [0.4, 0.5) is 0 Å². The first-order chi connectivity index (χ1) is 9.58. The van der Waals surface area contributed by atoms with E-state index in [1.165, 1.54) is 0 Å². The number of carbonyl (C=O) groups excluding carboxylic acids is 1. The lowest BCUT2D eigenvalue weighted by atomic mass is 10.2. The van der Waals surface area contributed by atoms with Crippen LogP contribution in [0.1, 0.15) is 53.3 Å². The molecule has 2 heterocycles. The lowest BCUT2D eigenvalue weighted by molar-refractivity contribution is 0.0956. The maximum absolute atomic E-state index is 11.8. The molecule has 7 nitrogen and oxygen atoms in total. The zero-order valence-electron chi connectivity index (χ0n) is 11.7. The molecule has 0 radical (unpaired) electrons. The summed E-state index contributed by atoms with van der Waals surface area (Å²) in [6.45, 7) is 6.35. The van der Waals surface area contributed by atoms with Crippen molar-refractivity contribution in [1.29, 1.82) is 0 Å². The minimum absolute atomic E-state index is 0.133. The van der Waals surface area contributed by atoms with Crippen LogP contribution < -0.4 is 5.32 Å². The van der Waals surface area contributed by atoms with Gasteiger partial charge >= 0.3 is 0 Å². The first kappa shape index (κ1) is 14.6. The van der Waals surface area contributed by atoms with E-state index in [1.807, 2.05) is 13.8 Å². The molecule has 0 aromatic carbocycles. The van der Waals surface area contributed by atoms with Crippen LogP contribution in [0.15, 0.2) is 4.52 Å². The standard InChI is InChI=1S/C12H17N5O2S/c1-7(2)11-14-9(19-16-11)5-4-6-13-12(18)10-8(3)15-17-20-10/h7H,4-6H2,1-3H3,(H,13,18). The molecule has 108 valence electrons. The highest BCUT2D eigenvalue weighted by atomic mass is 32.1. The van der Waals surface area contributed by atoms with Crippen LogP contribution in [-0.2, 0) is 6.42 Å². The molecule has 0 saturated heterocycles. The summed E-state index contributed by atoms with van der Waals surface area (Å²) < 4.78 is 8.87. The normalized spacial score (nSPS) is 11.0. The predicted octanol–water partition coefficient (Wildman–Crippen LogP) is 1.72. The maximum Gasteiger partial charge on any atom is 0.264 e. The van der Waals surface area contributed by atoms with Crippen LogP contribution in [0, 0.1) is 6.92 Å². The molecule has 8 heteroatoms. The number of hydrogen-bond donors (Lipinski definition) is 1. The third-order valence-corrected chi connectivity index (χ3v) is 3.54. The Labute approximate surface area is 120 Å². The molecule has 0 aliphatic heterocycles. The molecular weight excluding hydrogens is 278 g/mol. The van der Waals surface area contributed by atoms with Crippen molar-refractivity contribution in [2.24, 2.45) is 0 Å². The van der Waals surface area contributed by atoms with Gasteiger partial charge in [-0.05, 0) is 24.9 Å². The fourth-order valence-electron chi connectivity index (χ4n) is 1.57. The van der Waals surface area contributed by atoms with Crippen LogP contribution in [0.3, 0.4) is 0 Å². The van der Waals surface area contributed by atoms with Gasteiger partial charge in [-0.2, -0.15) is 4.98 Å². The van der Waals surface area contributed by atoms with Crippen molar-refractivity contribution in [2.75, 3.05) is 6.54 Å². The lowest BCUT2D eigenvalue weighted by Gasteiger charge is -2.01. The number of nitrogens with zero attached hydrogens (tertiary/aromatic N) is 4. The smallest absolute Gasteiger partial charge is 0.264 e. The van der Waals surface area contributed by atoms with Gasteiger partial charge in [0.15, 0.2) is 5.82 Å². The Morgan fingerprint density at radius 2 is 2.25 bits per heavy atom. The van der Waals surface area contributed by atoms with Crippen LogP contribution >= 0.6 is 11.5 Å². The number of nitrogens with one attached hydrogen (secondary N) is 1. The molecule has 2 aromatic rings. The van der Waals surface area contributed by atoms with E-state index >= 15 is 0 Å². The molecule has 0 fully saturated rings. The van der Waals surface area contributed by atoms with E-state index in [0.29, 0.717) is 29.4 Å². The molecule has 2 aromatic heterocycles. The quantitative estimate of drug-likeness (QED) is 0.815. The van der Waals surface area contributed by atoms with Gasteiger partial charge in [-0.1, -0.05) is 23.5 Å². The van der Waals surface area contributed by atoms with Gasteiger partial charge in [-0.3, -0.25) is 4.79 Å². The van der Waals surface area contributed by atoms with Gasteiger partial charge in [0.2, 0.25) is 5.89 Å². The molecule has 0 aliphatic rings. The van der Waals surface area contributed by atoms with Crippen molar-refractivity contribution in [3.05, 3.63) is 22.3 Å². The van der Waals surface area contributed by atoms with Crippen molar-refractivity contribution in [1.82, 2.24) is 25.0 Å². The molecule has 0 atom stereocenters. The molecular formula is C12H17N5O2S. The number of carbonyl (C=O) groups is 1. The minimum atomic E-state index is -0.133. The van der Waals surface area contributed by atoms with Crippen molar-refractivity contribution >= 4 is 17.4 Å². The molecule has 0 unspecified atom stereocenters. The van der Waals surface area contributed by atoms with Crippen molar-refractivity contribution in [2.45, 2.75) is 39.5 Å². The highest BCUT2D eigenvalue weighted by Crippen LogP contribution is 2.11. The van der Waals surface area contributed by atoms with Gasteiger partial charge in [0, 0.05) is 18.9 Å². The fourth-order valence-corrected chi connectivity index (χ4v) is 2.14. The van der Waals surface area contributed by atoms with Crippen molar-refractivity contribution < 1.29 is 9.32 Å². The Bertz CT molecular complexity index is 578. The molecule has 1 N–H and O–H groups in total. The zero-order chi connectivity index (χ0) is 14.5. The topological polar surface area (TPSA) is 93.8 Å². The third kappa shape index (κ3) is 3.60. The van der Waals surface area contributed by atoms with Crippen LogP contribution in [-0.4, -0.2) is 32.2 Å². The summed E-state index contributed by atoms with van der Waals surface area (Å²) in [7, 11) is 0.